The summed E-state index contributed by atoms with van der Waals surface area (Å²) in [6, 6.07) is 10.1. The van der Waals surface area contributed by atoms with Crippen molar-refractivity contribution < 1.29 is 9.53 Å². The maximum absolute atomic E-state index is 11.9. The standard InChI is InChI=1S/C15H22N2O2/c1-12(17-15(18)14-8-5-9-16-14)10-19-11-13-6-3-2-4-7-13/h2-4,6-7,12,14,16H,5,8-11H2,1H3,(H,17,18). The molecule has 1 aromatic rings. The Morgan fingerprint density at radius 3 is 2.95 bits per heavy atom. The highest BCUT2D eigenvalue weighted by Crippen LogP contribution is 2.05. The van der Waals surface area contributed by atoms with Crippen LogP contribution in [0.1, 0.15) is 25.3 Å². The van der Waals surface area contributed by atoms with Gasteiger partial charge in [-0.25, -0.2) is 0 Å². The van der Waals surface area contributed by atoms with Gasteiger partial charge in [-0.05, 0) is 31.9 Å². The highest BCUT2D eigenvalue weighted by Gasteiger charge is 2.22. The third-order valence-corrected chi connectivity index (χ3v) is 3.24. The van der Waals surface area contributed by atoms with Crippen LogP contribution < -0.4 is 10.6 Å². The first-order valence-electron chi connectivity index (χ1n) is 6.91. The molecule has 0 spiro atoms. The molecule has 1 aromatic carbocycles. The lowest BCUT2D eigenvalue weighted by Crippen LogP contribution is -2.45. The van der Waals surface area contributed by atoms with Gasteiger partial charge in [0, 0.05) is 6.04 Å². The Balaban J connectivity index is 1.64. The van der Waals surface area contributed by atoms with Crippen LogP contribution in [0.15, 0.2) is 30.3 Å². The van der Waals surface area contributed by atoms with E-state index >= 15 is 0 Å². The third kappa shape index (κ3) is 4.65. The van der Waals surface area contributed by atoms with Crippen LogP contribution in [0.4, 0.5) is 0 Å². The molecule has 0 radical (unpaired) electrons. The minimum Gasteiger partial charge on any atom is -0.375 e. The van der Waals surface area contributed by atoms with Gasteiger partial charge in [0.2, 0.25) is 5.91 Å². The maximum atomic E-state index is 11.9. The number of carbonyl (C=O) groups is 1. The number of rotatable bonds is 6. The average molecular weight is 262 g/mol. The second-order valence-corrected chi connectivity index (χ2v) is 5.06. The van der Waals surface area contributed by atoms with E-state index in [-0.39, 0.29) is 18.0 Å². The van der Waals surface area contributed by atoms with Crippen LogP contribution in [0.5, 0.6) is 0 Å². The summed E-state index contributed by atoms with van der Waals surface area (Å²) >= 11 is 0. The second-order valence-electron chi connectivity index (χ2n) is 5.06. The molecule has 2 N–H and O–H groups in total. The van der Waals surface area contributed by atoms with Gasteiger partial charge in [-0.15, -0.1) is 0 Å². The Kier molecular flexibility index (Phi) is 5.36. The minimum atomic E-state index is -0.0171. The highest BCUT2D eigenvalue weighted by molar-refractivity contribution is 5.82. The molecule has 2 atom stereocenters. The summed E-state index contributed by atoms with van der Waals surface area (Å²) in [5.74, 6) is 0.0910. The molecular weight excluding hydrogens is 240 g/mol. The van der Waals surface area contributed by atoms with Gasteiger partial charge >= 0.3 is 0 Å². The first-order valence-corrected chi connectivity index (χ1v) is 6.91. The summed E-state index contributed by atoms with van der Waals surface area (Å²) in [6.07, 6.45) is 2.01. The van der Waals surface area contributed by atoms with Crippen LogP contribution in [-0.4, -0.2) is 31.1 Å². The number of nitrogens with one attached hydrogen (secondary N) is 2. The maximum Gasteiger partial charge on any atom is 0.237 e. The predicted octanol–water partition coefficient (Wildman–Crippen LogP) is 1.46. The molecule has 2 rings (SSSR count). The molecule has 0 saturated carbocycles. The molecule has 2 unspecified atom stereocenters. The van der Waals surface area contributed by atoms with Gasteiger partial charge in [-0.1, -0.05) is 30.3 Å². The summed E-state index contributed by atoms with van der Waals surface area (Å²) in [4.78, 5) is 11.9. The lowest BCUT2D eigenvalue weighted by molar-refractivity contribution is -0.123. The van der Waals surface area contributed by atoms with Crippen LogP contribution in [0, 0.1) is 0 Å². The van der Waals surface area contributed by atoms with Crippen LogP contribution in [0.2, 0.25) is 0 Å². The van der Waals surface area contributed by atoms with Crippen molar-refractivity contribution in [2.45, 2.75) is 38.5 Å². The fraction of sp³-hybridized carbons (Fsp3) is 0.533. The fourth-order valence-electron chi connectivity index (χ4n) is 2.22. The molecule has 0 aliphatic carbocycles. The molecule has 1 aliphatic heterocycles. The average Bonchev–Trinajstić information content (AvgIpc) is 2.94. The van der Waals surface area contributed by atoms with E-state index < -0.39 is 0 Å². The topological polar surface area (TPSA) is 50.4 Å². The van der Waals surface area contributed by atoms with E-state index in [0.29, 0.717) is 13.2 Å². The lowest BCUT2D eigenvalue weighted by Gasteiger charge is -2.17. The Morgan fingerprint density at radius 1 is 1.47 bits per heavy atom. The molecule has 1 saturated heterocycles. The van der Waals surface area contributed by atoms with Gasteiger partial charge in [0.15, 0.2) is 0 Å². The Labute approximate surface area is 114 Å². The Bertz CT molecular complexity index is 388. The molecular formula is C15H22N2O2. The van der Waals surface area contributed by atoms with Crippen LogP contribution >= 0.6 is 0 Å². The zero-order chi connectivity index (χ0) is 13.5. The van der Waals surface area contributed by atoms with Gasteiger partial charge in [0.05, 0.1) is 19.3 Å². The van der Waals surface area contributed by atoms with Crippen molar-refractivity contribution in [2.75, 3.05) is 13.2 Å². The van der Waals surface area contributed by atoms with Crippen molar-refractivity contribution in [1.82, 2.24) is 10.6 Å². The minimum absolute atomic E-state index is 0.0171. The molecule has 4 heteroatoms. The highest BCUT2D eigenvalue weighted by atomic mass is 16.5. The predicted molar refractivity (Wildman–Crippen MR) is 74.7 cm³/mol. The normalized spacial score (nSPS) is 20.2. The van der Waals surface area contributed by atoms with Crippen molar-refractivity contribution in [2.24, 2.45) is 0 Å². The molecule has 0 bridgehead atoms. The monoisotopic (exact) mass is 262 g/mol. The van der Waals surface area contributed by atoms with E-state index in [1.165, 1.54) is 0 Å². The van der Waals surface area contributed by atoms with Gasteiger partial charge < -0.3 is 15.4 Å². The summed E-state index contributed by atoms with van der Waals surface area (Å²) in [5.41, 5.74) is 1.15. The molecule has 19 heavy (non-hydrogen) atoms. The quantitative estimate of drug-likeness (QED) is 0.816. The van der Waals surface area contributed by atoms with Gasteiger partial charge in [-0.3, -0.25) is 4.79 Å². The molecule has 1 fully saturated rings. The van der Waals surface area contributed by atoms with E-state index in [0.717, 1.165) is 24.9 Å². The van der Waals surface area contributed by atoms with Crippen molar-refractivity contribution in [1.29, 1.82) is 0 Å². The zero-order valence-electron chi connectivity index (χ0n) is 11.4. The summed E-state index contributed by atoms with van der Waals surface area (Å²) in [7, 11) is 0. The van der Waals surface area contributed by atoms with E-state index in [1.54, 1.807) is 0 Å². The molecule has 104 valence electrons. The Morgan fingerprint density at radius 2 is 2.26 bits per heavy atom. The Hall–Kier alpha value is -1.39. The SMILES string of the molecule is CC(COCc1ccccc1)NC(=O)C1CCCN1. The van der Waals surface area contributed by atoms with E-state index in [1.807, 2.05) is 37.3 Å². The summed E-state index contributed by atoms with van der Waals surface area (Å²) < 4.78 is 5.61. The van der Waals surface area contributed by atoms with Crippen LogP contribution in [-0.2, 0) is 16.1 Å². The van der Waals surface area contributed by atoms with Crippen molar-refractivity contribution in [3.05, 3.63) is 35.9 Å². The van der Waals surface area contributed by atoms with E-state index in [9.17, 15) is 4.79 Å². The molecule has 4 nitrogen and oxygen atoms in total. The zero-order valence-corrected chi connectivity index (χ0v) is 11.4. The van der Waals surface area contributed by atoms with Crippen LogP contribution in [0.3, 0.4) is 0 Å². The van der Waals surface area contributed by atoms with Gasteiger partial charge in [-0.2, -0.15) is 0 Å². The molecule has 1 amide bonds. The van der Waals surface area contributed by atoms with Gasteiger partial charge in [0.1, 0.15) is 0 Å². The van der Waals surface area contributed by atoms with Crippen LogP contribution in [0.25, 0.3) is 0 Å². The number of carbonyl (C=O) groups excluding carboxylic acids is 1. The summed E-state index contributed by atoms with van der Waals surface area (Å²) in [6.45, 7) is 4.03. The fourth-order valence-corrected chi connectivity index (χ4v) is 2.22. The second kappa shape index (κ2) is 7.26. The number of benzene rings is 1. The summed E-state index contributed by atoms with van der Waals surface area (Å²) in [5, 5.41) is 6.17. The first-order chi connectivity index (χ1) is 9.25. The number of hydrogen-bond donors (Lipinski definition) is 2. The van der Waals surface area contributed by atoms with Gasteiger partial charge in [0.25, 0.3) is 0 Å². The van der Waals surface area contributed by atoms with E-state index in [2.05, 4.69) is 10.6 Å². The molecule has 0 aromatic heterocycles. The van der Waals surface area contributed by atoms with Crippen molar-refractivity contribution in [3.63, 3.8) is 0 Å². The number of ether oxygens (including phenoxy) is 1. The lowest BCUT2D eigenvalue weighted by atomic mass is 10.2. The smallest absolute Gasteiger partial charge is 0.237 e. The van der Waals surface area contributed by atoms with Crippen molar-refractivity contribution >= 4 is 5.91 Å². The molecule has 1 heterocycles. The van der Waals surface area contributed by atoms with Crippen molar-refractivity contribution in [3.8, 4) is 0 Å². The number of amides is 1. The third-order valence-electron chi connectivity index (χ3n) is 3.24. The largest absolute Gasteiger partial charge is 0.375 e. The molecule has 1 aliphatic rings. The van der Waals surface area contributed by atoms with E-state index in [4.69, 9.17) is 4.74 Å². The first kappa shape index (κ1) is 14.0. The number of hydrogen-bond acceptors (Lipinski definition) is 3.